The number of anilines is 1. The van der Waals surface area contributed by atoms with Gasteiger partial charge in [-0.05, 0) is 0 Å². The Labute approximate surface area is 90.5 Å². The van der Waals surface area contributed by atoms with Crippen molar-refractivity contribution in [3.8, 4) is 0 Å². The fourth-order valence-corrected chi connectivity index (χ4v) is 1.21. The lowest BCUT2D eigenvalue weighted by molar-refractivity contribution is 0.152. The average molecular weight is 238 g/mol. The Hall–Kier alpha value is -1.01. The van der Waals surface area contributed by atoms with E-state index in [4.69, 9.17) is 16.7 Å². The molecule has 0 aliphatic heterocycles. The van der Waals surface area contributed by atoms with Crippen molar-refractivity contribution in [1.82, 2.24) is 9.97 Å². The van der Waals surface area contributed by atoms with Gasteiger partial charge in [0, 0.05) is 6.54 Å². The van der Waals surface area contributed by atoms with Crippen LogP contribution < -0.4 is 4.90 Å². The topological polar surface area (TPSA) is 49.2 Å². The first-order valence-electron chi connectivity index (χ1n) is 4.25. The van der Waals surface area contributed by atoms with Crippen LogP contribution in [0.5, 0.6) is 0 Å². The van der Waals surface area contributed by atoms with E-state index in [2.05, 4.69) is 9.97 Å². The molecule has 0 aliphatic rings. The van der Waals surface area contributed by atoms with Gasteiger partial charge in [0.2, 0.25) is 0 Å². The molecule has 0 aromatic carbocycles. The minimum Gasteiger partial charge on any atom is -0.395 e. The lowest BCUT2D eigenvalue weighted by Crippen LogP contribution is -2.32. The number of alkyl halides is 2. The van der Waals surface area contributed by atoms with Crippen LogP contribution in [-0.4, -0.2) is 41.2 Å². The second-order valence-electron chi connectivity index (χ2n) is 2.76. The highest BCUT2D eigenvalue weighted by Gasteiger charge is 2.13. The number of nitrogens with zero attached hydrogens (tertiary/aromatic N) is 3. The SMILES string of the molecule is OCCN(CC(F)F)c1cncc(Cl)n1. The minimum absolute atomic E-state index is 0.0688. The van der Waals surface area contributed by atoms with Crippen molar-refractivity contribution in [2.24, 2.45) is 0 Å². The van der Waals surface area contributed by atoms with E-state index in [1.807, 2.05) is 0 Å². The van der Waals surface area contributed by atoms with Crippen LogP contribution in [0, 0.1) is 0 Å². The van der Waals surface area contributed by atoms with E-state index < -0.39 is 13.0 Å². The zero-order chi connectivity index (χ0) is 11.3. The van der Waals surface area contributed by atoms with Crippen molar-refractivity contribution in [3.05, 3.63) is 17.5 Å². The Bertz CT molecular complexity index is 314. The van der Waals surface area contributed by atoms with Crippen LogP contribution in [0.2, 0.25) is 5.15 Å². The molecule has 0 unspecified atom stereocenters. The normalized spacial score (nSPS) is 10.7. The summed E-state index contributed by atoms with van der Waals surface area (Å²) in [7, 11) is 0. The van der Waals surface area contributed by atoms with E-state index in [-0.39, 0.29) is 24.1 Å². The molecule has 4 nitrogen and oxygen atoms in total. The predicted molar refractivity (Wildman–Crippen MR) is 52.3 cm³/mol. The van der Waals surface area contributed by atoms with E-state index >= 15 is 0 Å². The first kappa shape index (κ1) is 12.1. The van der Waals surface area contributed by atoms with E-state index in [1.165, 1.54) is 17.3 Å². The Morgan fingerprint density at radius 2 is 2.20 bits per heavy atom. The van der Waals surface area contributed by atoms with Crippen molar-refractivity contribution < 1.29 is 13.9 Å². The third-order valence-corrected chi connectivity index (χ3v) is 1.83. The molecule has 0 amide bonds. The van der Waals surface area contributed by atoms with Crippen LogP contribution in [-0.2, 0) is 0 Å². The highest BCUT2D eigenvalue weighted by Crippen LogP contribution is 2.13. The summed E-state index contributed by atoms with van der Waals surface area (Å²) >= 11 is 5.58. The van der Waals surface area contributed by atoms with E-state index in [0.29, 0.717) is 0 Å². The summed E-state index contributed by atoms with van der Waals surface area (Å²) in [6.45, 7) is -0.671. The van der Waals surface area contributed by atoms with Crippen LogP contribution in [0.1, 0.15) is 0 Å². The van der Waals surface area contributed by atoms with Crippen LogP contribution in [0.15, 0.2) is 12.4 Å². The van der Waals surface area contributed by atoms with Crippen molar-refractivity contribution in [3.63, 3.8) is 0 Å². The van der Waals surface area contributed by atoms with Crippen LogP contribution in [0.4, 0.5) is 14.6 Å². The third kappa shape index (κ3) is 3.93. The molecule has 1 aromatic rings. The second-order valence-corrected chi connectivity index (χ2v) is 3.15. The number of hydrogen-bond donors (Lipinski definition) is 1. The van der Waals surface area contributed by atoms with Gasteiger partial charge in [-0.2, -0.15) is 0 Å². The molecule has 0 fully saturated rings. The molecule has 0 atom stereocenters. The molecule has 84 valence electrons. The predicted octanol–water partition coefficient (Wildman–Crippen LogP) is 1.19. The smallest absolute Gasteiger partial charge is 0.255 e. The molecule has 0 saturated heterocycles. The van der Waals surface area contributed by atoms with Crippen molar-refractivity contribution in [2.75, 3.05) is 24.6 Å². The van der Waals surface area contributed by atoms with E-state index in [1.54, 1.807) is 0 Å². The molecule has 0 radical (unpaired) electrons. The van der Waals surface area contributed by atoms with E-state index in [9.17, 15) is 8.78 Å². The van der Waals surface area contributed by atoms with Gasteiger partial charge in [-0.1, -0.05) is 11.6 Å². The maximum atomic E-state index is 12.2. The Kier molecular flexibility index (Phi) is 4.64. The molecule has 1 heterocycles. The minimum atomic E-state index is -2.50. The van der Waals surface area contributed by atoms with Gasteiger partial charge in [-0.15, -0.1) is 0 Å². The average Bonchev–Trinajstić information content (AvgIpc) is 2.16. The summed E-state index contributed by atoms with van der Waals surface area (Å²) in [6, 6.07) is 0. The molecule has 7 heteroatoms. The molecule has 0 saturated carbocycles. The highest BCUT2D eigenvalue weighted by atomic mass is 35.5. The summed E-state index contributed by atoms with van der Waals surface area (Å²) in [5.74, 6) is 0.233. The zero-order valence-corrected chi connectivity index (χ0v) is 8.53. The monoisotopic (exact) mass is 237 g/mol. The number of aliphatic hydroxyl groups excluding tert-OH is 1. The summed E-state index contributed by atoms with van der Waals surface area (Å²) in [5, 5.41) is 8.84. The summed E-state index contributed by atoms with van der Waals surface area (Å²) in [6.07, 6.45) is 0.131. The Balaban J connectivity index is 2.78. The lowest BCUT2D eigenvalue weighted by atomic mass is 10.4. The summed E-state index contributed by atoms with van der Waals surface area (Å²) in [4.78, 5) is 8.79. The van der Waals surface area contributed by atoms with Gasteiger partial charge in [0.15, 0.2) is 0 Å². The molecule has 0 aliphatic carbocycles. The van der Waals surface area contributed by atoms with Gasteiger partial charge >= 0.3 is 0 Å². The quantitative estimate of drug-likeness (QED) is 0.836. The molecule has 15 heavy (non-hydrogen) atoms. The zero-order valence-electron chi connectivity index (χ0n) is 7.78. The van der Waals surface area contributed by atoms with Crippen LogP contribution in [0.25, 0.3) is 0 Å². The largest absolute Gasteiger partial charge is 0.395 e. The Morgan fingerprint density at radius 3 is 2.73 bits per heavy atom. The van der Waals surface area contributed by atoms with Crippen molar-refractivity contribution in [2.45, 2.75) is 6.43 Å². The number of halogens is 3. The first-order valence-corrected chi connectivity index (χ1v) is 4.62. The standard InChI is InChI=1S/C8H10ClF2N3O/c9-6-3-12-4-8(13-6)14(1-2-15)5-7(10)11/h3-4,7,15H,1-2,5H2. The fraction of sp³-hybridized carbons (Fsp3) is 0.500. The van der Waals surface area contributed by atoms with E-state index in [0.717, 1.165) is 0 Å². The van der Waals surface area contributed by atoms with Crippen molar-refractivity contribution >= 4 is 17.4 Å². The van der Waals surface area contributed by atoms with Gasteiger partial charge in [0.05, 0.1) is 25.5 Å². The molecular formula is C8H10ClF2N3O. The van der Waals surface area contributed by atoms with Gasteiger partial charge in [-0.3, -0.25) is 4.98 Å². The van der Waals surface area contributed by atoms with Gasteiger partial charge < -0.3 is 10.0 Å². The molecule has 0 bridgehead atoms. The maximum absolute atomic E-state index is 12.2. The molecule has 1 rings (SSSR count). The first-order chi connectivity index (χ1) is 7.13. The molecule has 1 aromatic heterocycles. The number of hydrogen-bond acceptors (Lipinski definition) is 4. The second kappa shape index (κ2) is 5.77. The highest BCUT2D eigenvalue weighted by molar-refractivity contribution is 6.29. The fourth-order valence-electron chi connectivity index (χ4n) is 1.07. The lowest BCUT2D eigenvalue weighted by Gasteiger charge is -2.21. The maximum Gasteiger partial charge on any atom is 0.255 e. The molecule has 1 N–H and O–H groups in total. The number of aliphatic hydroxyl groups is 1. The Morgan fingerprint density at radius 1 is 1.47 bits per heavy atom. The number of rotatable bonds is 5. The van der Waals surface area contributed by atoms with Gasteiger partial charge in [-0.25, -0.2) is 13.8 Å². The summed E-state index contributed by atoms with van der Waals surface area (Å²) < 4.78 is 24.4. The molecule has 0 spiro atoms. The third-order valence-electron chi connectivity index (χ3n) is 1.64. The number of aromatic nitrogens is 2. The van der Waals surface area contributed by atoms with Gasteiger partial charge in [0.1, 0.15) is 11.0 Å². The van der Waals surface area contributed by atoms with Crippen molar-refractivity contribution in [1.29, 1.82) is 0 Å². The van der Waals surface area contributed by atoms with Crippen LogP contribution in [0.3, 0.4) is 0 Å². The summed E-state index contributed by atoms with van der Waals surface area (Å²) in [5.41, 5.74) is 0. The van der Waals surface area contributed by atoms with Gasteiger partial charge in [0.25, 0.3) is 6.43 Å². The van der Waals surface area contributed by atoms with Crippen LogP contribution >= 0.6 is 11.6 Å². The molecular weight excluding hydrogens is 228 g/mol.